The molecule has 2 fully saturated rings. The quantitative estimate of drug-likeness (QED) is 0.502. The minimum Gasteiger partial charge on any atom is -0.376 e. The molecule has 1 amide bonds. The Morgan fingerprint density at radius 2 is 1.89 bits per heavy atom. The number of pyridine rings is 1. The van der Waals surface area contributed by atoms with Crippen molar-refractivity contribution in [3.05, 3.63) is 71.1 Å². The van der Waals surface area contributed by atoms with Crippen LogP contribution in [0.2, 0.25) is 0 Å². The number of aromatic nitrogens is 1. The molecule has 0 saturated carbocycles. The molecule has 0 aliphatic carbocycles. The van der Waals surface area contributed by atoms with Crippen molar-refractivity contribution in [2.45, 2.75) is 12.6 Å². The lowest BCUT2D eigenvalue weighted by atomic mass is 10.1. The molecule has 184 valence electrons. The fourth-order valence-electron chi connectivity index (χ4n) is 4.62. The van der Waals surface area contributed by atoms with Crippen LogP contribution in [0.1, 0.15) is 15.9 Å². The SMILES string of the molecule is CN(CC1COCCO1)c1nc(-c2cccs2)ccc1C(=O)N1CCN(Cc2ccccc2)CC1. The van der Waals surface area contributed by atoms with Crippen LogP contribution in [0.25, 0.3) is 10.6 Å². The summed E-state index contributed by atoms with van der Waals surface area (Å²) in [5.74, 6) is 0.735. The lowest BCUT2D eigenvalue weighted by molar-refractivity contribution is -0.0837. The number of carbonyl (C=O) groups is 1. The Morgan fingerprint density at radius 1 is 1.06 bits per heavy atom. The fourth-order valence-corrected chi connectivity index (χ4v) is 5.32. The number of rotatable bonds is 7. The van der Waals surface area contributed by atoms with Crippen LogP contribution >= 0.6 is 11.3 Å². The molecule has 1 aromatic carbocycles. The molecule has 7 nitrogen and oxygen atoms in total. The molecule has 0 N–H and O–H groups in total. The van der Waals surface area contributed by atoms with Crippen molar-refractivity contribution < 1.29 is 14.3 Å². The second-order valence-corrected chi connectivity index (χ2v) is 9.99. The standard InChI is InChI=1S/C27H32N4O3S/c1-29(19-22-20-33-15-16-34-22)26-23(9-10-24(28-26)25-8-5-17-35-25)27(32)31-13-11-30(12-14-31)18-21-6-3-2-4-7-21/h2-10,17,22H,11-16,18-20H2,1H3. The predicted molar refractivity (Wildman–Crippen MR) is 139 cm³/mol. The van der Waals surface area contributed by atoms with Gasteiger partial charge in [-0.05, 0) is 29.1 Å². The molecule has 3 aromatic rings. The van der Waals surface area contributed by atoms with Crippen molar-refractivity contribution >= 4 is 23.1 Å². The Morgan fingerprint density at radius 3 is 2.60 bits per heavy atom. The van der Waals surface area contributed by atoms with E-state index in [0.29, 0.717) is 50.8 Å². The zero-order valence-electron chi connectivity index (χ0n) is 20.1. The van der Waals surface area contributed by atoms with Gasteiger partial charge in [-0.1, -0.05) is 36.4 Å². The summed E-state index contributed by atoms with van der Waals surface area (Å²) in [5.41, 5.74) is 2.83. The molecule has 0 bridgehead atoms. The van der Waals surface area contributed by atoms with Gasteiger partial charge in [0.25, 0.3) is 5.91 Å². The molecule has 8 heteroatoms. The number of anilines is 1. The number of thiophene rings is 1. The summed E-state index contributed by atoms with van der Waals surface area (Å²) >= 11 is 1.65. The molecule has 0 spiro atoms. The predicted octanol–water partition coefficient (Wildman–Crippen LogP) is 3.62. The van der Waals surface area contributed by atoms with Gasteiger partial charge in [-0.15, -0.1) is 11.3 Å². The Labute approximate surface area is 210 Å². The van der Waals surface area contributed by atoms with Crippen molar-refractivity contribution in [1.29, 1.82) is 0 Å². The highest BCUT2D eigenvalue weighted by atomic mass is 32.1. The number of hydrogen-bond donors (Lipinski definition) is 0. The average molecular weight is 493 g/mol. The normalized spacial score (nSPS) is 19.0. The molecule has 1 atom stereocenters. The fraction of sp³-hybridized carbons (Fsp3) is 0.407. The maximum Gasteiger partial charge on any atom is 0.257 e. The van der Waals surface area contributed by atoms with Crippen molar-refractivity contribution in [3.63, 3.8) is 0 Å². The number of likely N-dealkylation sites (N-methyl/N-ethyl adjacent to an activating group) is 1. The van der Waals surface area contributed by atoms with Gasteiger partial charge < -0.3 is 19.3 Å². The largest absolute Gasteiger partial charge is 0.376 e. The first-order chi connectivity index (χ1) is 17.2. The minimum atomic E-state index is -0.0366. The summed E-state index contributed by atoms with van der Waals surface area (Å²) in [6, 6.07) is 18.5. The van der Waals surface area contributed by atoms with Gasteiger partial charge in [0.15, 0.2) is 0 Å². The van der Waals surface area contributed by atoms with Gasteiger partial charge in [0.05, 0.1) is 42.1 Å². The van der Waals surface area contributed by atoms with Gasteiger partial charge in [-0.3, -0.25) is 9.69 Å². The van der Waals surface area contributed by atoms with Crippen LogP contribution in [0, 0.1) is 0 Å². The van der Waals surface area contributed by atoms with Crippen LogP contribution in [0.4, 0.5) is 5.82 Å². The summed E-state index contributed by atoms with van der Waals surface area (Å²) in [6.45, 7) is 6.46. The molecule has 2 saturated heterocycles. The number of ether oxygens (including phenoxy) is 2. The summed E-state index contributed by atoms with van der Waals surface area (Å²) in [6.07, 6.45) is -0.0366. The van der Waals surface area contributed by atoms with Crippen LogP contribution in [0.15, 0.2) is 60.0 Å². The number of benzene rings is 1. The van der Waals surface area contributed by atoms with E-state index in [1.807, 2.05) is 46.5 Å². The van der Waals surface area contributed by atoms with E-state index in [1.54, 1.807) is 11.3 Å². The number of hydrogen-bond acceptors (Lipinski definition) is 7. The van der Waals surface area contributed by atoms with Crippen LogP contribution in [0.3, 0.4) is 0 Å². The highest BCUT2D eigenvalue weighted by molar-refractivity contribution is 7.13. The van der Waals surface area contributed by atoms with E-state index in [0.717, 1.165) is 30.2 Å². The zero-order chi connectivity index (χ0) is 24.0. The Hall–Kier alpha value is -2.78. The van der Waals surface area contributed by atoms with Gasteiger partial charge in [-0.2, -0.15) is 0 Å². The smallest absolute Gasteiger partial charge is 0.257 e. The van der Waals surface area contributed by atoms with Gasteiger partial charge in [-0.25, -0.2) is 4.98 Å². The molecular formula is C27H32N4O3S. The zero-order valence-corrected chi connectivity index (χ0v) is 21.0. The van der Waals surface area contributed by atoms with Crippen molar-refractivity contribution in [3.8, 4) is 10.6 Å². The highest BCUT2D eigenvalue weighted by Gasteiger charge is 2.27. The van der Waals surface area contributed by atoms with Gasteiger partial charge in [0.1, 0.15) is 5.82 Å². The lowest BCUT2D eigenvalue weighted by Crippen LogP contribution is -2.48. The Balaban J connectivity index is 1.31. The monoisotopic (exact) mass is 492 g/mol. The van der Waals surface area contributed by atoms with E-state index in [-0.39, 0.29) is 12.0 Å². The maximum absolute atomic E-state index is 13.7. The van der Waals surface area contributed by atoms with E-state index >= 15 is 0 Å². The lowest BCUT2D eigenvalue weighted by Gasteiger charge is -2.35. The first-order valence-corrected chi connectivity index (χ1v) is 13.1. The minimum absolute atomic E-state index is 0.0366. The van der Waals surface area contributed by atoms with Crippen LogP contribution in [0.5, 0.6) is 0 Å². The first-order valence-electron chi connectivity index (χ1n) is 12.2. The number of piperazine rings is 1. The Bertz CT molecular complexity index is 1090. The third-order valence-electron chi connectivity index (χ3n) is 6.51. The third kappa shape index (κ3) is 5.90. The van der Waals surface area contributed by atoms with Crippen LogP contribution in [-0.4, -0.2) is 86.4 Å². The highest BCUT2D eigenvalue weighted by Crippen LogP contribution is 2.28. The van der Waals surface area contributed by atoms with Crippen molar-refractivity contribution in [2.24, 2.45) is 0 Å². The molecule has 4 heterocycles. The molecule has 5 rings (SSSR count). The van der Waals surface area contributed by atoms with E-state index in [2.05, 4.69) is 35.2 Å². The third-order valence-corrected chi connectivity index (χ3v) is 7.40. The molecule has 2 aliphatic rings. The van der Waals surface area contributed by atoms with E-state index < -0.39 is 0 Å². The molecule has 35 heavy (non-hydrogen) atoms. The summed E-state index contributed by atoms with van der Waals surface area (Å²) in [7, 11) is 1.98. The molecular weight excluding hydrogens is 460 g/mol. The van der Waals surface area contributed by atoms with E-state index in [4.69, 9.17) is 14.5 Å². The topological polar surface area (TPSA) is 58.1 Å². The van der Waals surface area contributed by atoms with Crippen molar-refractivity contribution in [2.75, 3.05) is 64.5 Å². The average Bonchev–Trinajstić information content (AvgIpc) is 3.45. The van der Waals surface area contributed by atoms with Crippen molar-refractivity contribution in [1.82, 2.24) is 14.8 Å². The van der Waals surface area contributed by atoms with Gasteiger partial charge in [0.2, 0.25) is 0 Å². The van der Waals surface area contributed by atoms with E-state index in [1.165, 1.54) is 5.56 Å². The summed E-state index contributed by atoms with van der Waals surface area (Å²) in [5, 5.41) is 2.04. The molecule has 2 aliphatic heterocycles. The second kappa shape index (κ2) is 11.3. The van der Waals surface area contributed by atoms with Gasteiger partial charge in [0, 0.05) is 46.3 Å². The number of amides is 1. The second-order valence-electron chi connectivity index (χ2n) is 9.05. The van der Waals surface area contributed by atoms with Crippen LogP contribution < -0.4 is 4.90 Å². The van der Waals surface area contributed by atoms with Crippen LogP contribution in [-0.2, 0) is 16.0 Å². The van der Waals surface area contributed by atoms with E-state index in [9.17, 15) is 4.79 Å². The molecule has 2 aromatic heterocycles. The first kappa shape index (κ1) is 23.9. The Kier molecular flexibility index (Phi) is 7.73. The maximum atomic E-state index is 13.7. The number of carbonyl (C=O) groups excluding carboxylic acids is 1. The molecule has 1 unspecified atom stereocenters. The summed E-state index contributed by atoms with van der Waals surface area (Å²) in [4.78, 5) is 26.1. The number of nitrogens with zero attached hydrogens (tertiary/aromatic N) is 4. The van der Waals surface area contributed by atoms with Gasteiger partial charge >= 0.3 is 0 Å². The summed E-state index contributed by atoms with van der Waals surface area (Å²) < 4.78 is 11.4. The molecule has 0 radical (unpaired) electrons.